The molecular weight excluding hydrogens is 352 g/mol. The van der Waals surface area contributed by atoms with E-state index < -0.39 is 23.8 Å². The molecule has 0 unspecified atom stereocenters. The van der Waals surface area contributed by atoms with Crippen molar-refractivity contribution in [2.45, 2.75) is 32.2 Å². The van der Waals surface area contributed by atoms with Gasteiger partial charge in [-0.2, -0.15) is 0 Å². The Morgan fingerprint density at radius 1 is 1.08 bits per heavy atom. The summed E-state index contributed by atoms with van der Waals surface area (Å²) < 4.78 is 0. The topological polar surface area (TPSA) is 66.5 Å². The van der Waals surface area contributed by atoms with E-state index in [1.165, 1.54) is 0 Å². The molecule has 1 N–H and O–H groups in total. The van der Waals surface area contributed by atoms with Crippen molar-refractivity contribution in [1.82, 2.24) is 4.90 Å². The summed E-state index contributed by atoms with van der Waals surface area (Å²) in [5.74, 6) is -1.24. The Balaban J connectivity index is 1.88. The average molecular weight is 371 g/mol. The third-order valence-corrected chi connectivity index (χ3v) is 4.60. The number of halogens is 1. The van der Waals surface area contributed by atoms with Crippen molar-refractivity contribution >= 4 is 35.0 Å². The van der Waals surface area contributed by atoms with Crippen LogP contribution in [0.5, 0.6) is 0 Å². The van der Waals surface area contributed by atoms with Crippen LogP contribution in [0.3, 0.4) is 0 Å². The summed E-state index contributed by atoms with van der Waals surface area (Å²) in [4.78, 5) is 39.4. The molecule has 5 nitrogen and oxygen atoms in total. The van der Waals surface area contributed by atoms with Crippen molar-refractivity contribution < 1.29 is 14.4 Å². The molecule has 1 aliphatic rings. The fraction of sp³-hybridized carbons (Fsp3) is 0.250. The van der Waals surface area contributed by atoms with Crippen LogP contribution in [0.4, 0.5) is 5.69 Å². The Hall–Kier alpha value is -2.66. The van der Waals surface area contributed by atoms with Crippen LogP contribution >= 0.6 is 11.6 Å². The van der Waals surface area contributed by atoms with Gasteiger partial charge in [-0.05, 0) is 36.8 Å². The first-order valence-corrected chi connectivity index (χ1v) is 8.94. The minimum Gasteiger partial charge on any atom is -0.324 e. The van der Waals surface area contributed by atoms with Crippen molar-refractivity contribution in [3.63, 3.8) is 0 Å². The molecule has 0 bridgehead atoms. The molecule has 0 saturated carbocycles. The maximum absolute atomic E-state index is 12.9. The maximum Gasteiger partial charge on any atom is 0.262 e. The summed E-state index contributed by atoms with van der Waals surface area (Å²) >= 11 is 5.96. The van der Waals surface area contributed by atoms with Crippen LogP contribution < -0.4 is 5.32 Å². The Bertz CT molecular complexity index is 831. The van der Waals surface area contributed by atoms with Crippen molar-refractivity contribution in [3.05, 3.63) is 64.7 Å². The molecule has 3 amide bonds. The fourth-order valence-electron chi connectivity index (χ4n) is 3.06. The van der Waals surface area contributed by atoms with Crippen molar-refractivity contribution in [2.24, 2.45) is 0 Å². The van der Waals surface area contributed by atoms with Crippen LogP contribution in [0.15, 0.2) is 48.5 Å². The van der Waals surface area contributed by atoms with Gasteiger partial charge in [-0.25, -0.2) is 0 Å². The number of fused-ring (bicyclic) bond motifs is 1. The predicted octanol–water partition coefficient (Wildman–Crippen LogP) is 4.13. The van der Waals surface area contributed by atoms with Crippen LogP contribution in [-0.2, 0) is 4.79 Å². The number of unbranched alkanes of at least 4 members (excludes halogenated alkanes) is 1. The number of nitrogens with one attached hydrogen (secondary N) is 1. The minimum absolute atomic E-state index is 0.342. The maximum atomic E-state index is 12.9. The highest BCUT2D eigenvalue weighted by Gasteiger charge is 2.42. The second kappa shape index (κ2) is 7.70. The predicted molar refractivity (Wildman–Crippen MR) is 100 cm³/mol. The third kappa shape index (κ3) is 3.48. The van der Waals surface area contributed by atoms with Crippen LogP contribution in [0.1, 0.15) is 46.9 Å². The van der Waals surface area contributed by atoms with E-state index in [2.05, 4.69) is 5.32 Å². The zero-order valence-electron chi connectivity index (χ0n) is 14.4. The van der Waals surface area contributed by atoms with Crippen LogP contribution in [0.25, 0.3) is 0 Å². The first-order chi connectivity index (χ1) is 12.5. The zero-order chi connectivity index (χ0) is 18.7. The number of rotatable bonds is 6. The number of nitrogens with zero attached hydrogens (tertiary/aromatic N) is 1. The third-order valence-electron chi connectivity index (χ3n) is 4.36. The van der Waals surface area contributed by atoms with Crippen LogP contribution in [0, 0.1) is 0 Å². The van der Waals surface area contributed by atoms with Gasteiger partial charge in [0, 0.05) is 10.7 Å². The lowest BCUT2D eigenvalue weighted by Gasteiger charge is -2.25. The molecule has 0 fully saturated rings. The lowest BCUT2D eigenvalue weighted by Crippen LogP contribution is -2.47. The molecule has 3 rings (SSSR count). The molecule has 0 spiro atoms. The molecule has 2 aromatic carbocycles. The largest absolute Gasteiger partial charge is 0.324 e. The van der Waals surface area contributed by atoms with Gasteiger partial charge in [-0.15, -0.1) is 0 Å². The number of benzene rings is 2. The standard InChI is InChI=1S/C20H19ClN2O3/c1-2-3-11-17(18(24)22-14-8-6-7-13(21)12-14)23-19(25)15-9-4-5-10-16(15)20(23)26/h4-10,12,17H,2-3,11H2,1H3,(H,22,24)/t17-/m1/s1. The van der Waals surface area contributed by atoms with E-state index in [1.54, 1.807) is 48.5 Å². The molecule has 26 heavy (non-hydrogen) atoms. The van der Waals surface area contributed by atoms with E-state index in [9.17, 15) is 14.4 Å². The number of carbonyl (C=O) groups is 3. The molecule has 0 radical (unpaired) electrons. The van der Waals surface area contributed by atoms with Gasteiger partial charge < -0.3 is 5.32 Å². The molecular formula is C20H19ClN2O3. The molecule has 6 heteroatoms. The van der Waals surface area contributed by atoms with Crippen LogP contribution in [0.2, 0.25) is 5.02 Å². The molecule has 134 valence electrons. The van der Waals surface area contributed by atoms with E-state index in [-0.39, 0.29) is 0 Å². The highest BCUT2D eigenvalue weighted by Crippen LogP contribution is 2.27. The summed E-state index contributed by atoms with van der Waals surface area (Å²) in [6.45, 7) is 1.99. The number of hydrogen-bond donors (Lipinski definition) is 1. The normalized spacial score (nSPS) is 14.3. The van der Waals surface area contributed by atoms with Gasteiger partial charge in [0.15, 0.2) is 0 Å². The summed E-state index contributed by atoms with van der Waals surface area (Å²) in [6.07, 6.45) is 1.99. The number of anilines is 1. The summed E-state index contributed by atoms with van der Waals surface area (Å²) in [7, 11) is 0. The molecule has 0 saturated heterocycles. The van der Waals surface area contributed by atoms with Gasteiger partial charge in [0.05, 0.1) is 11.1 Å². The smallest absolute Gasteiger partial charge is 0.262 e. The lowest BCUT2D eigenvalue weighted by molar-refractivity contribution is -0.120. The first kappa shape index (κ1) is 18.1. The summed E-state index contributed by atoms with van der Waals surface area (Å²) in [5.41, 5.74) is 1.21. The Kier molecular flexibility index (Phi) is 5.38. The Morgan fingerprint density at radius 2 is 1.73 bits per heavy atom. The number of carbonyl (C=O) groups excluding carboxylic acids is 3. The molecule has 1 atom stereocenters. The molecule has 0 aliphatic carbocycles. The second-order valence-corrected chi connectivity index (χ2v) is 6.62. The quantitative estimate of drug-likeness (QED) is 0.777. The van der Waals surface area contributed by atoms with Crippen molar-refractivity contribution in [2.75, 3.05) is 5.32 Å². The first-order valence-electron chi connectivity index (χ1n) is 8.56. The van der Waals surface area contributed by atoms with Gasteiger partial charge in [0.25, 0.3) is 11.8 Å². The monoisotopic (exact) mass is 370 g/mol. The molecule has 1 heterocycles. The van der Waals surface area contributed by atoms with Crippen LogP contribution in [-0.4, -0.2) is 28.7 Å². The second-order valence-electron chi connectivity index (χ2n) is 6.18. The van der Waals surface area contributed by atoms with Gasteiger partial charge in [-0.1, -0.05) is 49.6 Å². The van der Waals surface area contributed by atoms with E-state index >= 15 is 0 Å². The van der Waals surface area contributed by atoms with Gasteiger partial charge in [0.1, 0.15) is 6.04 Å². The number of hydrogen-bond acceptors (Lipinski definition) is 3. The van der Waals surface area contributed by atoms with E-state index in [0.717, 1.165) is 17.7 Å². The minimum atomic E-state index is -0.860. The van der Waals surface area contributed by atoms with E-state index in [1.807, 2.05) is 6.92 Å². The van der Waals surface area contributed by atoms with Crippen molar-refractivity contribution in [1.29, 1.82) is 0 Å². The highest BCUT2D eigenvalue weighted by molar-refractivity contribution is 6.31. The van der Waals surface area contributed by atoms with Gasteiger partial charge >= 0.3 is 0 Å². The highest BCUT2D eigenvalue weighted by atomic mass is 35.5. The molecule has 2 aromatic rings. The molecule has 1 aliphatic heterocycles. The van der Waals surface area contributed by atoms with E-state index in [4.69, 9.17) is 11.6 Å². The number of amides is 3. The fourth-order valence-corrected chi connectivity index (χ4v) is 3.25. The lowest BCUT2D eigenvalue weighted by atomic mass is 10.1. The van der Waals surface area contributed by atoms with Gasteiger partial charge in [0.2, 0.25) is 5.91 Å². The zero-order valence-corrected chi connectivity index (χ0v) is 15.1. The SMILES string of the molecule is CCCC[C@H](C(=O)Nc1cccc(Cl)c1)N1C(=O)c2ccccc2C1=O. The average Bonchev–Trinajstić information content (AvgIpc) is 2.87. The van der Waals surface area contributed by atoms with Crippen molar-refractivity contribution in [3.8, 4) is 0 Å². The van der Waals surface area contributed by atoms with E-state index in [0.29, 0.717) is 28.3 Å². The Morgan fingerprint density at radius 3 is 2.31 bits per heavy atom. The summed E-state index contributed by atoms with van der Waals surface area (Å²) in [5, 5.41) is 3.26. The molecule has 0 aromatic heterocycles. The van der Waals surface area contributed by atoms with Gasteiger partial charge in [-0.3, -0.25) is 19.3 Å². The Labute approximate surface area is 156 Å². The summed E-state index contributed by atoms with van der Waals surface area (Å²) in [6, 6.07) is 12.5. The number of imide groups is 1.